The lowest BCUT2D eigenvalue weighted by atomic mass is 9.90. The van der Waals surface area contributed by atoms with Crippen LogP contribution in [0.15, 0.2) is 42.5 Å². The molecule has 3 nitrogen and oxygen atoms in total. The Balaban J connectivity index is 1.65. The van der Waals surface area contributed by atoms with Gasteiger partial charge in [0.25, 0.3) is 0 Å². The minimum atomic E-state index is -0.510. The number of nitrogens with zero attached hydrogens (tertiary/aromatic N) is 1. The highest BCUT2D eigenvalue weighted by atomic mass is 35.5. The molecule has 2 aromatic carbocycles. The van der Waals surface area contributed by atoms with Crippen molar-refractivity contribution in [1.82, 2.24) is 4.90 Å². The molecule has 0 radical (unpaired) electrons. The van der Waals surface area contributed by atoms with Crippen LogP contribution in [0, 0.1) is 5.92 Å². The molecule has 5 heteroatoms. The van der Waals surface area contributed by atoms with Gasteiger partial charge in [-0.15, -0.1) is 0 Å². The normalized spacial score (nSPS) is 20.7. The van der Waals surface area contributed by atoms with Crippen LogP contribution in [0.5, 0.6) is 0 Å². The van der Waals surface area contributed by atoms with E-state index in [1.165, 1.54) is 24.0 Å². The van der Waals surface area contributed by atoms with Crippen molar-refractivity contribution < 1.29 is 9.53 Å². The molecule has 0 aromatic heterocycles. The average Bonchev–Trinajstić information content (AvgIpc) is 3.42. The SMILES string of the molecule is CC(C)(C)OC(=O)N(CC1CC1)[C@@H]1Cc2ccccc2[C@@H]1Cc1ccc(Cl)c(Cl)c1. The molecular weight excluding hydrogens is 417 g/mol. The van der Waals surface area contributed by atoms with Gasteiger partial charge in [-0.2, -0.15) is 0 Å². The van der Waals surface area contributed by atoms with Crippen molar-refractivity contribution in [1.29, 1.82) is 0 Å². The van der Waals surface area contributed by atoms with E-state index in [0.29, 0.717) is 16.0 Å². The van der Waals surface area contributed by atoms with Gasteiger partial charge in [-0.05, 0) is 81.2 Å². The van der Waals surface area contributed by atoms with Gasteiger partial charge < -0.3 is 9.64 Å². The summed E-state index contributed by atoms with van der Waals surface area (Å²) >= 11 is 12.4. The number of hydrogen-bond donors (Lipinski definition) is 0. The Morgan fingerprint density at radius 3 is 2.50 bits per heavy atom. The maximum atomic E-state index is 13.2. The van der Waals surface area contributed by atoms with Gasteiger partial charge in [0.2, 0.25) is 0 Å². The van der Waals surface area contributed by atoms with Crippen LogP contribution in [0.3, 0.4) is 0 Å². The molecule has 0 aliphatic heterocycles. The molecule has 1 saturated carbocycles. The Morgan fingerprint density at radius 1 is 1.10 bits per heavy atom. The van der Waals surface area contributed by atoms with Crippen LogP contribution < -0.4 is 0 Å². The van der Waals surface area contributed by atoms with Gasteiger partial charge in [0.1, 0.15) is 5.60 Å². The maximum Gasteiger partial charge on any atom is 0.410 e. The third-order valence-electron chi connectivity index (χ3n) is 5.97. The van der Waals surface area contributed by atoms with Gasteiger partial charge in [0.15, 0.2) is 0 Å². The number of fused-ring (bicyclic) bond motifs is 1. The summed E-state index contributed by atoms with van der Waals surface area (Å²) in [6.45, 7) is 6.55. The lowest BCUT2D eigenvalue weighted by molar-refractivity contribution is 0.0131. The van der Waals surface area contributed by atoms with Crippen LogP contribution >= 0.6 is 23.2 Å². The van der Waals surface area contributed by atoms with Crippen molar-refractivity contribution in [2.75, 3.05) is 6.54 Å². The Kier molecular flexibility index (Phi) is 6.05. The predicted octanol–water partition coefficient (Wildman–Crippen LogP) is 6.89. The van der Waals surface area contributed by atoms with Crippen molar-refractivity contribution in [3.8, 4) is 0 Å². The molecule has 2 atom stereocenters. The fraction of sp³-hybridized carbons (Fsp3) is 0.480. The van der Waals surface area contributed by atoms with E-state index < -0.39 is 5.60 Å². The number of halogens is 2. The number of hydrogen-bond acceptors (Lipinski definition) is 2. The zero-order chi connectivity index (χ0) is 21.5. The molecule has 0 spiro atoms. The van der Waals surface area contributed by atoms with E-state index in [9.17, 15) is 4.79 Å². The molecule has 30 heavy (non-hydrogen) atoms. The third-order valence-corrected chi connectivity index (χ3v) is 6.71. The second-order valence-electron chi connectivity index (χ2n) is 9.61. The molecule has 0 N–H and O–H groups in total. The van der Waals surface area contributed by atoms with Crippen molar-refractivity contribution in [3.05, 3.63) is 69.2 Å². The highest BCUT2D eigenvalue weighted by Gasteiger charge is 2.41. The van der Waals surface area contributed by atoms with E-state index in [4.69, 9.17) is 27.9 Å². The zero-order valence-electron chi connectivity index (χ0n) is 17.8. The Hall–Kier alpha value is -1.71. The quantitative estimate of drug-likeness (QED) is 0.501. The van der Waals surface area contributed by atoms with Crippen LogP contribution in [-0.2, 0) is 17.6 Å². The van der Waals surface area contributed by atoms with Crippen LogP contribution in [-0.4, -0.2) is 29.2 Å². The number of amides is 1. The molecule has 0 saturated heterocycles. The highest BCUT2D eigenvalue weighted by molar-refractivity contribution is 6.42. The van der Waals surface area contributed by atoms with Gasteiger partial charge in [0, 0.05) is 18.5 Å². The third kappa shape index (κ3) is 4.95. The first-order chi connectivity index (χ1) is 14.2. The summed E-state index contributed by atoms with van der Waals surface area (Å²) in [4.78, 5) is 15.2. The average molecular weight is 446 g/mol. The summed E-state index contributed by atoms with van der Waals surface area (Å²) in [6, 6.07) is 14.4. The van der Waals surface area contributed by atoms with E-state index in [1.807, 2.05) is 43.9 Å². The summed E-state index contributed by atoms with van der Waals surface area (Å²) in [6.07, 6.45) is 3.84. The molecule has 1 amide bonds. The van der Waals surface area contributed by atoms with Gasteiger partial charge in [-0.1, -0.05) is 53.5 Å². The fourth-order valence-corrected chi connectivity index (χ4v) is 4.72. The van der Waals surface area contributed by atoms with Crippen LogP contribution in [0.25, 0.3) is 0 Å². The van der Waals surface area contributed by atoms with E-state index in [0.717, 1.165) is 24.9 Å². The van der Waals surface area contributed by atoms with Crippen molar-refractivity contribution in [3.63, 3.8) is 0 Å². The summed E-state index contributed by atoms with van der Waals surface area (Å²) < 4.78 is 5.82. The van der Waals surface area contributed by atoms with E-state index >= 15 is 0 Å². The van der Waals surface area contributed by atoms with Gasteiger partial charge >= 0.3 is 6.09 Å². The van der Waals surface area contributed by atoms with Crippen molar-refractivity contribution in [2.45, 2.75) is 64.0 Å². The second kappa shape index (κ2) is 8.43. The molecule has 2 aromatic rings. The molecule has 2 aliphatic carbocycles. The number of benzene rings is 2. The van der Waals surface area contributed by atoms with Gasteiger partial charge in [0.05, 0.1) is 10.0 Å². The second-order valence-corrected chi connectivity index (χ2v) is 10.4. The standard InChI is InChI=1S/C25H29Cl2NO2/c1-25(2,3)30-24(29)28(15-16-8-9-16)23-14-18-6-4-5-7-19(18)20(23)12-17-10-11-21(26)22(27)13-17/h4-7,10-11,13,16,20,23H,8-9,12,14-15H2,1-3H3/t20-,23+/m0/s1. The summed E-state index contributed by atoms with van der Waals surface area (Å²) in [5, 5.41) is 1.13. The first-order valence-electron chi connectivity index (χ1n) is 10.7. The maximum absolute atomic E-state index is 13.2. The summed E-state index contributed by atoms with van der Waals surface area (Å²) in [5.74, 6) is 0.788. The van der Waals surface area contributed by atoms with Crippen molar-refractivity contribution >= 4 is 29.3 Å². The lowest BCUT2D eigenvalue weighted by Gasteiger charge is -2.35. The topological polar surface area (TPSA) is 29.5 Å². The van der Waals surface area contributed by atoms with Crippen LogP contribution in [0.2, 0.25) is 10.0 Å². The fourth-order valence-electron chi connectivity index (χ4n) is 4.40. The largest absolute Gasteiger partial charge is 0.444 e. The Morgan fingerprint density at radius 2 is 1.83 bits per heavy atom. The van der Waals surface area contributed by atoms with Crippen molar-refractivity contribution in [2.24, 2.45) is 5.92 Å². The number of rotatable bonds is 5. The van der Waals surface area contributed by atoms with Crippen LogP contribution in [0.1, 0.15) is 56.2 Å². The summed E-state index contributed by atoms with van der Waals surface area (Å²) in [7, 11) is 0. The van der Waals surface area contributed by atoms with E-state index in [2.05, 4.69) is 24.3 Å². The van der Waals surface area contributed by atoms with Crippen LogP contribution in [0.4, 0.5) is 4.79 Å². The Labute approximate surface area is 189 Å². The molecule has 0 unspecified atom stereocenters. The van der Waals surface area contributed by atoms with Gasteiger partial charge in [-0.3, -0.25) is 0 Å². The monoisotopic (exact) mass is 445 g/mol. The molecular formula is C25H29Cl2NO2. The summed E-state index contributed by atoms with van der Waals surface area (Å²) in [5.41, 5.74) is 3.25. The number of ether oxygens (including phenoxy) is 1. The first-order valence-corrected chi connectivity index (χ1v) is 11.5. The lowest BCUT2D eigenvalue weighted by Crippen LogP contribution is -2.46. The number of carbonyl (C=O) groups is 1. The zero-order valence-corrected chi connectivity index (χ0v) is 19.3. The molecule has 2 aliphatic rings. The Bertz CT molecular complexity index is 933. The minimum absolute atomic E-state index is 0.0762. The molecule has 0 bridgehead atoms. The highest BCUT2D eigenvalue weighted by Crippen LogP contribution is 2.41. The first kappa shape index (κ1) is 21.5. The van der Waals surface area contributed by atoms with E-state index in [1.54, 1.807) is 0 Å². The van der Waals surface area contributed by atoms with E-state index in [-0.39, 0.29) is 18.1 Å². The predicted molar refractivity (Wildman–Crippen MR) is 123 cm³/mol. The smallest absolute Gasteiger partial charge is 0.410 e. The molecule has 1 fully saturated rings. The minimum Gasteiger partial charge on any atom is -0.444 e. The molecule has 4 rings (SSSR count). The molecule has 160 valence electrons. The molecule has 0 heterocycles. The number of carbonyl (C=O) groups excluding carboxylic acids is 1. The van der Waals surface area contributed by atoms with Gasteiger partial charge in [-0.25, -0.2) is 4.79 Å².